The van der Waals surface area contributed by atoms with Gasteiger partial charge in [-0.25, -0.2) is 6.08 Å². The van der Waals surface area contributed by atoms with Gasteiger partial charge in [0.2, 0.25) is 0 Å². The minimum Gasteiger partial charge on any atom is -1.00 e. The number of fused-ring (bicyclic) bond motifs is 4. The van der Waals surface area contributed by atoms with Gasteiger partial charge < -0.3 is 24.8 Å². The largest absolute Gasteiger partial charge is 1.00 e. The van der Waals surface area contributed by atoms with E-state index in [9.17, 15) is 0 Å². The van der Waals surface area contributed by atoms with Crippen molar-refractivity contribution in [3.8, 4) is 0 Å². The van der Waals surface area contributed by atoms with Crippen molar-refractivity contribution in [2.24, 2.45) is 11.3 Å². The van der Waals surface area contributed by atoms with Gasteiger partial charge in [-0.2, -0.15) is 11.6 Å². The van der Waals surface area contributed by atoms with Crippen LogP contribution in [0.5, 0.6) is 0 Å². The quantitative estimate of drug-likeness (QED) is 0.204. The van der Waals surface area contributed by atoms with Gasteiger partial charge in [0, 0.05) is 0 Å². The molecule has 0 radical (unpaired) electrons. The zero-order valence-electron chi connectivity index (χ0n) is 28.0. The number of hydrogen-bond donors (Lipinski definition) is 0. The van der Waals surface area contributed by atoms with Crippen molar-refractivity contribution in [2.45, 2.75) is 80.6 Å². The third kappa shape index (κ3) is 8.80. The summed E-state index contributed by atoms with van der Waals surface area (Å²) in [4.78, 5) is 0. The van der Waals surface area contributed by atoms with Crippen molar-refractivity contribution in [3.63, 3.8) is 0 Å². The Bertz CT molecular complexity index is 1780. The Morgan fingerprint density at radius 1 is 0.756 bits per heavy atom. The summed E-state index contributed by atoms with van der Waals surface area (Å²) in [5.41, 5.74) is 8.92. The monoisotopic (exact) mass is 710 g/mol. The molecule has 0 N–H and O–H groups in total. The summed E-state index contributed by atoms with van der Waals surface area (Å²) in [6.45, 7) is 15.6. The Kier molecular flexibility index (Phi) is 13.3. The van der Waals surface area contributed by atoms with Crippen LogP contribution in [0.25, 0.3) is 32.3 Å². The van der Waals surface area contributed by atoms with E-state index in [1.54, 1.807) is 5.57 Å². The van der Waals surface area contributed by atoms with E-state index >= 15 is 0 Å². The van der Waals surface area contributed by atoms with Gasteiger partial charge >= 0.3 is 93.2 Å². The normalized spacial score (nSPS) is 16.6. The molecule has 2 aliphatic rings. The summed E-state index contributed by atoms with van der Waals surface area (Å²) >= 11 is 1.50. The maximum Gasteiger partial charge on any atom is -0.0408 e. The zero-order chi connectivity index (χ0) is 30.7. The van der Waals surface area contributed by atoms with Crippen LogP contribution < -0.4 is 24.8 Å². The molecule has 1 saturated carbocycles. The topological polar surface area (TPSA) is 0 Å². The van der Waals surface area contributed by atoms with E-state index in [4.69, 9.17) is 0 Å². The van der Waals surface area contributed by atoms with Crippen molar-refractivity contribution < 1.29 is 49.0 Å². The van der Waals surface area contributed by atoms with Crippen molar-refractivity contribution in [2.75, 3.05) is 0 Å². The van der Waals surface area contributed by atoms with Crippen LogP contribution in [0.1, 0.15) is 80.7 Å². The van der Waals surface area contributed by atoms with Gasteiger partial charge in [-0.15, -0.1) is 39.7 Å². The average Bonchev–Trinajstić information content (AvgIpc) is 3.58. The molecule has 45 heavy (non-hydrogen) atoms. The van der Waals surface area contributed by atoms with Crippen LogP contribution in [0.2, 0.25) is 0 Å². The molecule has 3 heteroatoms. The minimum atomic E-state index is 0. The Hall–Kier alpha value is -2.18. The second kappa shape index (κ2) is 16.1. The maximum atomic E-state index is 3.37. The summed E-state index contributed by atoms with van der Waals surface area (Å²) in [6.07, 6.45) is 15.0. The molecular formula is C42H46Cl2Zr-2. The second-order valence-electron chi connectivity index (χ2n) is 13.2. The third-order valence-electron chi connectivity index (χ3n) is 9.70. The average molecular weight is 713 g/mol. The molecule has 0 aliphatic heterocycles. The van der Waals surface area contributed by atoms with Crippen LogP contribution in [0.15, 0.2) is 90.5 Å². The fraction of sp³-hybridized carbons (Fsp3) is 0.333. The van der Waals surface area contributed by atoms with E-state index in [-0.39, 0.29) is 24.8 Å². The first-order valence-electron chi connectivity index (χ1n) is 16.0. The molecule has 5 aromatic rings. The van der Waals surface area contributed by atoms with Crippen LogP contribution >= 0.6 is 0 Å². The SMILES string of the molecule is CC1[C-]=CC(C2(C)CCCCC2)=C1.C[C](=[Zr+2])c1ccc2ccccc2c1.Cc1cc2[cH-]c3cc(C)c(C)cc3c2cc1C.[Cl-].[Cl-]. The van der Waals surface area contributed by atoms with Gasteiger partial charge in [-0.05, 0) is 27.7 Å². The maximum absolute atomic E-state index is 3.37. The Morgan fingerprint density at radius 2 is 1.29 bits per heavy atom. The summed E-state index contributed by atoms with van der Waals surface area (Å²) < 4.78 is 1.46. The summed E-state index contributed by atoms with van der Waals surface area (Å²) in [6, 6.07) is 26.7. The third-order valence-corrected chi connectivity index (χ3v) is 10.4. The molecule has 1 unspecified atom stereocenters. The summed E-state index contributed by atoms with van der Waals surface area (Å²) in [5, 5.41) is 8.18. The Balaban J connectivity index is 0.000000183. The van der Waals surface area contributed by atoms with Crippen molar-refractivity contribution in [1.82, 2.24) is 0 Å². The molecule has 5 aromatic carbocycles. The van der Waals surface area contributed by atoms with Crippen LogP contribution in [0.3, 0.4) is 0 Å². The first kappa shape index (κ1) is 37.3. The molecule has 0 spiro atoms. The van der Waals surface area contributed by atoms with Crippen molar-refractivity contribution in [3.05, 3.63) is 124 Å². The summed E-state index contributed by atoms with van der Waals surface area (Å²) in [7, 11) is 0. The van der Waals surface area contributed by atoms with Crippen LogP contribution in [0, 0.1) is 45.1 Å². The number of aryl methyl sites for hydroxylation is 4. The Labute approximate surface area is 298 Å². The molecule has 234 valence electrons. The Morgan fingerprint density at radius 3 is 1.80 bits per heavy atom. The van der Waals surface area contributed by atoms with Gasteiger partial charge in [0.15, 0.2) is 0 Å². The molecule has 0 heterocycles. The van der Waals surface area contributed by atoms with E-state index in [1.165, 1.54) is 120 Å². The standard InChI is InChI=1S/C17H17.C13H19.C12H10.2ClH.Zr/c1-10-5-14-9-15-6-11(2)13(4)8-17(15)16(14)7-12(10)3;1-11-6-7-12(10-11)13(2)8-4-3-5-9-13;1-2-10-7-8-11-5-3-4-6-12(11)9-10;;;/h5-9H,1-4H3;7,10-11H,3-5,8-9H2,1-2H3;3-9H,1H3;2*1H;/q2*-1;;;;+2/p-2. The molecule has 0 aromatic heterocycles. The fourth-order valence-corrected chi connectivity index (χ4v) is 6.94. The molecule has 0 bridgehead atoms. The molecule has 0 saturated heterocycles. The van der Waals surface area contributed by atoms with E-state index in [2.05, 4.69) is 139 Å². The zero-order valence-corrected chi connectivity index (χ0v) is 31.9. The molecule has 0 nitrogen and oxygen atoms in total. The number of rotatable bonds is 2. The van der Waals surface area contributed by atoms with Gasteiger partial charge in [0.25, 0.3) is 0 Å². The first-order valence-corrected chi connectivity index (χ1v) is 17.2. The fourth-order valence-electron chi connectivity index (χ4n) is 6.56. The predicted octanol–water partition coefficient (Wildman–Crippen LogP) is 5.77. The van der Waals surface area contributed by atoms with E-state index in [0.717, 1.165) is 0 Å². The van der Waals surface area contributed by atoms with Crippen LogP contribution in [-0.2, 0) is 24.2 Å². The first-order chi connectivity index (χ1) is 20.5. The van der Waals surface area contributed by atoms with E-state index < -0.39 is 0 Å². The molecule has 7 rings (SSSR count). The van der Waals surface area contributed by atoms with Crippen molar-refractivity contribution in [1.29, 1.82) is 0 Å². The van der Waals surface area contributed by atoms with Crippen LogP contribution in [0.4, 0.5) is 0 Å². The number of hydrogen-bond acceptors (Lipinski definition) is 0. The van der Waals surface area contributed by atoms with Gasteiger partial charge in [-0.1, -0.05) is 91.7 Å². The van der Waals surface area contributed by atoms with E-state index in [0.29, 0.717) is 11.3 Å². The van der Waals surface area contributed by atoms with Crippen molar-refractivity contribution >= 4 is 35.5 Å². The second-order valence-corrected chi connectivity index (χ2v) is 15.1. The molecule has 1 fully saturated rings. The minimum absolute atomic E-state index is 0. The smallest absolute Gasteiger partial charge is 0.0408 e. The van der Waals surface area contributed by atoms with E-state index in [1.807, 2.05) is 0 Å². The number of allylic oxidation sites excluding steroid dienone is 4. The number of benzene rings is 4. The molecule has 0 amide bonds. The van der Waals surface area contributed by atoms with Gasteiger partial charge in [-0.3, -0.25) is 6.08 Å². The predicted molar refractivity (Wildman–Crippen MR) is 186 cm³/mol. The summed E-state index contributed by atoms with van der Waals surface area (Å²) in [5.74, 6) is 0.550. The molecule has 2 aliphatic carbocycles. The molecule has 1 atom stereocenters. The molecular weight excluding hydrogens is 667 g/mol. The van der Waals surface area contributed by atoms with Crippen LogP contribution in [-0.4, -0.2) is 3.21 Å². The van der Waals surface area contributed by atoms with Gasteiger partial charge in [0.05, 0.1) is 0 Å². The number of halogens is 2. The van der Waals surface area contributed by atoms with Gasteiger partial charge in [0.1, 0.15) is 0 Å².